The second kappa shape index (κ2) is 6.35. The van der Waals surface area contributed by atoms with Crippen molar-refractivity contribution in [3.63, 3.8) is 0 Å². The molecule has 2 aliphatic rings. The Kier molecular flexibility index (Phi) is 4.30. The Hall–Kier alpha value is -1.13. The Morgan fingerprint density at radius 2 is 2.11 bits per heavy atom. The average Bonchev–Trinajstić information content (AvgIpc) is 3.29. The summed E-state index contributed by atoms with van der Waals surface area (Å²) in [5, 5.41) is 3.51. The summed E-state index contributed by atoms with van der Waals surface area (Å²) in [6.07, 6.45) is 6.67. The third-order valence-electron chi connectivity index (χ3n) is 3.78. The lowest BCUT2D eigenvalue weighted by Crippen LogP contribution is -2.21. The average molecular weight is 262 g/mol. The molecule has 1 saturated carbocycles. The summed E-state index contributed by atoms with van der Waals surface area (Å²) in [6, 6.07) is 4.84. The molecule has 2 heterocycles. The van der Waals surface area contributed by atoms with Crippen LogP contribution >= 0.6 is 0 Å². The van der Waals surface area contributed by atoms with Crippen LogP contribution < -0.4 is 10.1 Å². The smallest absolute Gasteiger partial charge is 0.213 e. The van der Waals surface area contributed by atoms with Crippen molar-refractivity contribution in [3.8, 4) is 5.88 Å². The van der Waals surface area contributed by atoms with Crippen molar-refractivity contribution in [3.05, 3.63) is 23.9 Å². The van der Waals surface area contributed by atoms with Crippen molar-refractivity contribution in [1.82, 2.24) is 10.3 Å². The van der Waals surface area contributed by atoms with Gasteiger partial charge >= 0.3 is 0 Å². The molecule has 0 unspecified atom stereocenters. The van der Waals surface area contributed by atoms with Crippen LogP contribution in [0.2, 0.25) is 0 Å². The highest BCUT2D eigenvalue weighted by Gasteiger charge is 2.20. The lowest BCUT2D eigenvalue weighted by atomic mass is 10.0. The first-order valence-electron chi connectivity index (χ1n) is 7.29. The molecule has 0 spiro atoms. The first kappa shape index (κ1) is 12.9. The maximum atomic E-state index is 5.81. The summed E-state index contributed by atoms with van der Waals surface area (Å²) < 4.78 is 11.2. The van der Waals surface area contributed by atoms with Gasteiger partial charge in [0.15, 0.2) is 0 Å². The summed E-state index contributed by atoms with van der Waals surface area (Å²) in [6.45, 7) is 3.41. The Balaban J connectivity index is 1.47. The number of hydrogen-bond donors (Lipinski definition) is 1. The molecule has 0 bridgehead atoms. The van der Waals surface area contributed by atoms with Crippen LogP contribution in [0.1, 0.15) is 31.2 Å². The summed E-state index contributed by atoms with van der Waals surface area (Å²) in [5.74, 6) is 1.37. The zero-order valence-electron chi connectivity index (χ0n) is 11.3. The monoisotopic (exact) mass is 262 g/mol. The van der Waals surface area contributed by atoms with Gasteiger partial charge in [-0.2, -0.15) is 0 Å². The quantitative estimate of drug-likeness (QED) is 0.853. The van der Waals surface area contributed by atoms with Gasteiger partial charge in [0.05, 0.1) is 6.61 Å². The van der Waals surface area contributed by atoms with Gasteiger partial charge in [0.2, 0.25) is 5.88 Å². The minimum absolute atomic E-state index is 0.615. The normalized spacial score (nSPS) is 20.4. The summed E-state index contributed by atoms with van der Waals surface area (Å²) in [5.41, 5.74) is 1.25. The van der Waals surface area contributed by atoms with E-state index in [1.165, 1.54) is 18.4 Å². The van der Waals surface area contributed by atoms with E-state index in [1.54, 1.807) is 0 Å². The van der Waals surface area contributed by atoms with Gasteiger partial charge in [-0.15, -0.1) is 0 Å². The predicted octanol–water partition coefficient (Wildman–Crippen LogP) is 2.14. The van der Waals surface area contributed by atoms with Gasteiger partial charge in [-0.25, -0.2) is 4.98 Å². The molecule has 4 heteroatoms. The number of pyridine rings is 1. The molecule has 1 aliphatic heterocycles. The third kappa shape index (κ3) is 4.18. The molecular weight excluding hydrogens is 240 g/mol. The van der Waals surface area contributed by atoms with Crippen LogP contribution in [-0.2, 0) is 11.3 Å². The largest absolute Gasteiger partial charge is 0.477 e. The Morgan fingerprint density at radius 3 is 2.89 bits per heavy atom. The number of nitrogens with zero attached hydrogens (tertiary/aromatic N) is 1. The van der Waals surface area contributed by atoms with Crippen molar-refractivity contribution in [2.75, 3.05) is 19.8 Å². The molecule has 104 valence electrons. The number of aromatic nitrogens is 1. The molecule has 3 rings (SSSR count). The van der Waals surface area contributed by atoms with Crippen molar-refractivity contribution < 1.29 is 9.47 Å². The van der Waals surface area contributed by atoms with Crippen molar-refractivity contribution in [2.45, 2.75) is 38.3 Å². The first-order valence-corrected chi connectivity index (χ1v) is 7.29. The molecule has 4 nitrogen and oxygen atoms in total. The Morgan fingerprint density at radius 1 is 1.26 bits per heavy atom. The van der Waals surface area contributed by atoms with Gasteiger partial charge in [0.25, 0.3) is 0 Å². The van der Waals surface area contributed by atoms with E-state index in [-0.39, 0.29) is 0 Å². The zero-order chi connectivity index (χ0) is 12.9. The van der Waals surface area contributed by atoms with Gasteiger partial charge in [-0.3, -0.25) is 0 Å². The molecule has 0 amide bonds. The first-order chi connectivity index (χ1) is 9.40. The van der Waals surface area contributed by atoms with E-state index in [9.17, 15) is 0 Å². The SMILES string of the molecule is c1cc(CNC2CC2)cc(OCC2CCOCC2)n1. The molecular formula is C15H22N2O2. The molecule has 0 atom stereocenters. The van der Waals surface area contributed by atoms with Crippen molar-refractivity contribution in [1.29, 1.82) is 0 Å². The fourth-order valence-electron chi connectivity index (χ4n) is 2.31. The molecule has 1 aromatic heterocycles. The van der Waals surface area contributed by atoms with E-state index in [4.69, 9.17) is 9.47 Å². The maximum absolute atomic E-state index is 5.81. The summed E-state index contributed by atoms with van der Waals surface area (Å²) in [4.78, 5) is 4.29. The minimum Gasteiger partial charge on any atom is -0.477 e. The van der Waals surface area contributed by atoms with Crippen LogP contribution in [0.15, 0.2) is 18.3 Å². The van der Waals surface area contributed by atoms with E-state index in [1.807, 2.05) is 6.20 Å². The second-order valence-corrected chi connectivity index (χ2v) is 5.52. The van der Waals surface area contributed by atoms with E-state index >= 15 is 0 Å². The topological polar surface area (TPSA) is 43.4 Å². The molecule has 1 aromatic rings. The third-order valence-corrected chi connectivity index (χ3v) is 3.78. The standard InChI is InChI=1S/C15H22N2O2/c1-2-14(1)17-10-13-3-6-16-15(9-13)19-11-12-4-7-18-8-5-12/h3,6,9,12,14,17H,1-2,4-5,7-8,10-11H2. The highest BCUT2D eigenvalue weighted by molar-refractivity contribution is 5.20. The Bertz CT molecular complexity index is 401. The highest BCUT2D eigenvalue weighted by atomic mass is 16.5. The van der Waals surface area contributed by atoms with E-state index < -0.39 is 0 Å². The molecule has 0 aromatic carbocycles. The van der Waals surface area contributed by atoms with Gasteiger partial charge in [-0.1, -0.05) is 0 Å². The number of rotatable bonds is 6. The minimum atomic E-state index is 0.615. The lowest BCUT2D eigenvalue weighted by molar-refractivity contribution is 0.0490. The fraction of sp³-hybridized carbons (Fsp3) is 0.667. The van der Waals surface area contributed by atoms with Crippen LogP contribution in [0.4, 0.5) is 0 Å². The Labute approximate surface area is 114 Å². The molecule has 19 heavy (non-hydrogen) atoms. The van der Waals surface area contributed by atoms with Gasteiger partial charge in [0.1, 0.15) is 0 Å². The van der Waals surface area contributed by atoms with Crippen molar-refractivity contribution in [2.24, 2.45) is 5.92 Å². The predicted molar refractivity (Wildman–Crippen MR) is 73.1 cm³/mol. The lowest BCUT2D eigenvalue weighted by Gasteiger charge is -2.21. The number of hydrogen-bond acceptors (Lipinski definition) is 4. The van der Waals surface area contributed by atoms with E-state index in [0.717, 1.165) is 51.1 Å². The zero-order valence-corrected chi connectivity index (χ0v) is 11.3. The summed E-state index contributed by atoms with van der Waals surface area (Å²) >= 11 is 0. The van der Waals surface area contributed by atoms with E-state index in [2.05, 4.69) is 22.4 Å². The van der Waals surface area contributed by atoms with Crippen LogP contribution in [0.5, 0.6) is 5.88 Å². The molecule has 2 fully saturated rings. The fourth-order valence-corrected chi connectivity index (χ4v) is 2.31. The molecule has 0 radical (unpaired) electrons. The maximum Gasteiger partial charge on any atom is 0.213 e. The number of nitrogens with one attached hydrogen (secondary N) is 1. The van der Waals surface area contributed by atoms with Crippen LogP contribution in [0.3, 0.4) is 0 Å². The van der Waals surface area contributed by atoms with E-state index in [0.29, 0.717) is 5.92 Å². The molecule has 1 N–H and O–H groups in total. The van der Waals surface area contributed by atoms with Gasteiger partial charge in [0, 0.05) is 38.1 Å². The second-order valence-electron chi connectivity index (χ2n) is 5.52. The van der Waals surface area contributed by atoms with Crippen LogP contribution in [0.25, 0.3) is 0 Å². The highest BCUT2D eigenvalue weighted by Crippen LogP contribution is 2.20. The molecule has 1 saturated heterocycles. The summed E-state index contributed by atoms with van der Waals surface area (Å²) in [7, 11) is 0. The van der Waals surface area contributed by atoms with Crippen LogP contribution in [0, 0.1) is 5.92 Å². The molecule has 1 aliphatic carbocycles. The van der Waals surface area contributed by atoms with Crippen LogP contribution in [-0.4, -0.2) is 30.8 Å². The van der Waals surface area contributed by atoms with Gasteiger partial charge in [-0.05, 0) is 43.2 Å². The van der Waals surface area contributed by atoms with Crippen molar-refractivity contribution >= 4 is 0 Å². The van der Waals surface area contributed by atoms with Gasteiger partial charge < -0.3 is 14.8 Å². The number of ether oxygens (including phenoxy) is 2.